The van der Waals surface area contributed by atoms with Crippen molar-refractivity contribution in [2.45, 2.75) is 24.7 Å². The number of carbonyl (C=O) groups is 1. The Morgan fingerprint density at radius 2 is 1.85 bits per heavy atom. The lowest BCUT2D eigenvalue weighted by Gasteiger charge is -2.08. The molecule has 0 fully saturated rings. The van der Waals surface area contributed by atoms with Crippen LogP contribution in [0.2, 0.25) is 0 Å². The number of rotatable bonds is 9. The van der Waals surface area contributed by atoms with Crippen molar-refractivity contribution in [2.24, 2.45) is 0 Å². The molecule has 0 saturated carbocycles. The van der Waals surface area contributed by atoms with E-state index < -0.39 is 15.8 Å². The van der Waals surface area contributed by atoms with Crippen molar-refractivity contribution in [1.82, 2.24) is 0 Å². The van der Waals surface area contributed by atoms with Gasteiger partial charge >= 0.3 is 5.97 Å². The number of carbonyl (C=O) groups excluding carboxylic acids is 1. The number of halogens is 1. The van der Waals surface area contributed by atoms with E-state index in [0.717, 1.165) is 10.0 Å². The molecule has 0 atom stereocenters. The molecule has 5 nitrogen and oxygen atoms in total. The monoisotopic (exact) mass is 440 g/mol. The van der Waals surface area contributed by atoms with Gasteiger partial charge in [0.15, 0.2) is 16.4 Å². The Hall–Kier alpha value is -1.86. The summed E-state index contributed by atoms with van der Waals surface area (Å²) in [5.41, 5.74) is 0.956. The van der Waals surface area contributed by atoms with E-state index in [-0.39, 0.29) is 12.4 Å². The summed E-state index contributed by atoms with van der Waals surface area (Å²) in [6.07, 6.45) is 1.10. The van der Waals surface area contributed by atoms with Gasteiger partial charge in [0.25, 0.3) is 0 Å². The molecule has 0 aliphatic heterocycles. The molecule has 2 rings (SSSR count). The highest BCUT2D eigenvalue weighted by molar-refractivity contribution is 9.10. The highest BCUT2D eigenvalue weighted by Crippen LogP contribution is 2.18. The topological polar surface area (TPSA) is 69.7 Å². The van der Waals surface area contributed by atoms with E-state index in [9.17, 15) is 13.2 Å². The molecule has 0 radical (unpaired) electrons. The van der Waals surface area contributed by atoms with Crippen LogP contribution in [0.25, 0.3) is 0 Å². The molecule has 0 saturated heterocycles. The van der Waals surface area contributed by atoms with Crippen LogP contribution in [-0.4, -0.2) is 33.4 Å². The molecule has 0 N–H and O–H groups in total. The molecular weight excluding hydrogens is 420 g/mol. The zero-order valence-electron chi connectivity index (χ0n) is 14.5. The number of benzene rings is 2. The molecule has 0 bridgehead atoms. The molecular formula is C19H21BrO5S. The number of hydrogen-bond acceptors (Lipinski definition) is 5. The molecule has 2 aromatic carbocycles. The van der Waals surface area contributed by atoms with Gasteiger partial charge in [-0.1, -0.05) is 28.1 Å². The van der Waals surface area contributed by atoms with Crippen LogP contribution in [0.15, 0.2) is 57.9 Å². The van der Waals surface area contributed by atoms with Crippen molar-refractivity contribution in [3.05, 3.63) is 58.6 Å². The third-order valence-electron chi connectivity index (χ3n) is 3.61. The Morgan fingerprint density at radius 1 is 1.12 bits per heavy atom. The van der Waals surface area contributed by atoms with E-state index in [0.29, 0.717) is 30.1 Å². The summed E-state index contributed by atoms with van der Waals surface area (Å²) < 4.78 is 35.7. The largest absolute Gasteiger partial charge is 0.482 e. The van der Waals surface area contributed by atoms with Crippen LogP contribution >= 0.6 is 15.9 Å². The third-order valence-corrected chi connectivity index (χ3v) is 5.96. The Morgan fingerprint density at radius 3 is 2.54 bits per heavy atom. The molecule has 0 aliphatic carbocycles. The van der Waals surface area contributed by atoms with Crippen molar-refractivity contribution in [1.29, 1.82) is 0 Å². The van der Waals surface area contributed by atoms with Gasteiger partial charge in [-0.2, -0.15) is 0 Å². The molecule has 0 unspecified atom stereocenters. The maximum Gasteiger partial charge on any atom is 0.344 e. The summed E-state index contributed by atoms with van der Waals surface area (Å²) >= 11 is 3.30. The van der Waals surface area contributed by atoms with Crippen LogP contribution < -0.4 is 4.74 Å². The van der Waals surface area contributed by atoms with Crippen molar-refractivity contribution < 1.29 is 22.7 Å². The fourth-order valence-electron chi connectivity index (χ4n) is 2.36. The lowest BCUT2D eigenvalue weighted by Crippen LogP contribution is -2.14. The second kappa shape index (κ2) is 9.73. The van der Waals surface area contributed by atoms with E-state index in [4.69, 9.17) is 9.47 Å². The molecule has 0 heterocycles. The summed E-state index contributed by atoms with van der Waals surface area (Å²) in [7, 11) is -3.30. The molecule has 2 aromatic rings. The smallest absolute Gasteiger partial charge is 0.344 e. The lowest BCUT2D eigenvalue weighted by molar-refractivity contribution is -0.145. The fraction of sp³-hybridized carbons (Fsp3) is 0.316. The van der Waals surface area contributed by atoms with Crippen molar-refractivity contribution in [2.75, 3.05) is 19.0 Å². The molecule has 0 aromatic heterocycles. The van der Waals surface area contributed by atoms with Crippen molar-refractivity contribution in [3.8, 4) is 5.75 Å². The second-order valence-electron chi connectivity index (χ2n) is 5.62. The SMILES string of the molecule is CCOC(=O)COc1cccc(CCCS(=O)(=O)c2ccc(Br)cc2)c1. The van der Waals surface area contributed by atoms with Crippen LogP contribution in [-0.2, 0) is 25.8 Å². The summed E-state index contributed by atoms with van der Waals surface area (Å²) in [5.74, 6) is 0.215. The number of aryl methyl sites for hydroxylation is 1. The van der Waals surface area contributed by atoms with E-state index in [1.807, 2.05) is 18.2 Å². The van der Waals surface area contributed by atoms with Gasteiger partial charge in [-0.05, 0) is 61.7 Å². The third kappa shape index (κ3) is 6.46. The van der Waals surface area contributed by atoms with Crippen LogP contribution in [0.5, 0.6) is 5.75 Å². The molecule has 0 aliphatic rings. The molecule has 140 valence electrons. The van der Waals surface area contributed by atoms with E-state index in [2.05, 4.69) is 15.9 Å². The average Bonchev–Trinajstić information content (AvgIpc) is 2.61. The maximum atomic E-state index is 12.3. The molecule has 7 heteroatoms. The number of hydrogen-bond donors (Lipinski definition) is 0. The van der Waals surface area contributed by atoms with E-state index in [1.54, 1.807) is 37.3 Å². The summed E-state index contributed by atoms with van der Waals surface area (Å²) in [6.45, 7) is 1.91. The van der Waals surface area contributed by atoms with Gasteiger partial charge in [-0.3, -0.25) is 0 Å². The summed E-state index contributed by atoms with van der Waals surface area (Å²) in [5, 5.41) is 0. The first-order valence-corrected chi connectivity index (χ1v) is 10.7. The van der Waals surface area contributed by atoms with Gasteiger partial charge in [0, 0.05) is 4.47 Å². The Bertz CT molecular complexity index is 831. The zero-order chi connectivity index (χ0) is 19.0. The number of esters is 1. The Kier molecular flexibility index (Phi) is 7.66. The van der Waals surface area contributed by atoms with Gasteiger partial charge in [0.05, 0.1) is 17.3 Å². The van der Waals surface area contributed by atoms with Gasteiger partial charge in [-0.15, -0.1) is 0 Å². The molecule has 26 heavy (non-hydrogen) atoms. The average molecular weight is 441 g/mol. The minimum atomic E-state index is -3.30. The lowest BCUT2D eigenvalue weighted by atomic mass is 10.1. The van der Waals surface area contributed by atoms with Gasteiger partial charge in [0.2, 0.25) is 0 Å². The summed E-state index contributed by atoms with van der Waals surface area (Å²) in [6, 6.07) is 13.9. The van der Waals surface area contributed by atoms with Crippen molar-refractivity contribution >= 4 is 31.7 Å². The minimum Gasteiger partial charge on any atom is -0.482 e. The first-order chi connectivity index (χ1) is 12.4. The Labute approximate surface area is 162 Å². The van der Waals surface area contributed by atoms with E-state index in [1.165, 1.54) is 0 Å². The molecule has 0 spiro atoms. The standard InChI is InChI=1S/C19H21BrO5S/c1-2-24-19(21)14-25-17-7-3-5-15(13-17)6-4-12-26(22,23)18-10-8-16(20)9-11-18/h3,5,7-11,13H,2,4,6,12,14H2,1H3. The minimum absolute atomic E-state index is 0.0720. The first kappa shape index (κ1) is 20.5. The van der Waals surface area contributed by atoms with Gasteiger partial charge < -0.3 is 9.47 Å². The summed E-state index contributed by atoms with van der Waals surface area (Å²) in [4.78, 5) is 11.6. The van der Waals surface area contributed by atoms with Gasteiger partial charge in [-0.25, -0.2) is 13.2 Å². The first-order valence-electron chi connectivity index (χ1n) is 8.26. The second-order valence-corrected chi connectivity index (χ2v) is 8.64. The van der Waals surface area contributed by atoms with Crippen LogP contribution in [0.4, 0.5) is 0 Å². The van der Waals surface area contributed by atoms with Crippen LogP contribution in [0.3, 0.4) is 0 Å². The van der Waals surface area contributed by atoms with Crippen LogP contribution in [0, 0.1) is 0 Å². The number of sulfone groups is 1. The van der Waals surface area contributed by atoms with Gasteiger partial charge in [0.1, 0.15) is 5.75 Å². The van der Waals surface area contributed by atoms with E-state index >= 15 is 0 Å². The highest BCUT2D eigenvalue weighted by Gasteiger charge is 2.14. The maximum absolute atomic E-state index is 12.3. The van der Waals surface area contributed by atoms with Crippen LogP contribution in [0.1, 0.15) is 18.9 Å². The predicted molar refractivity (Wildman–Crippen MR) is 103 cm³/mol. The quantitative estimate of drug-likeness (QED) is 0.554. The highest BCUT2D eigenvalue weighted by atomic mass is 79.9. The number of ether oxygens (including phenoxy) is 2. The van der Waals surface area contributed by atoms with Crippen molar-refractivity contribution in [3.63, 3.8) is 0 Å². The fourth-order valence-corrected chi connectivity index (χ4v) is 3.94. The zero-order valence-corrected chi connectivity index (χ0v) is 16.9. The molecule has 0 amide bonds. The predicted octanol–water partition coefficient (Wildman–Crippen LogP) is 3.80. The normalized spacial score (nSPS) is 11.2. The Balaban J connectivity index is 1.88.